The summed E-state index contributed by atoms with van der Waals surface area (Å²) in [5.74, 6) is 2.18. The van der Waals surface area contributed by atoms with E-state index in [0.29, 0.717) is 31.2 Å². The van der Waals surface area contributed by atoms with Crippen molar-refractivity contribution in [3.05, 3.63) is 48.5 Å². The van der Waals surface area contributed by atoms with Crippen LogP contribution in [0.3, 0.4) is 0 Å². The number of urea groups is 1. The number of nitrogens with one attached hydrogen (secondary N) is 1. The van der Waals surface area contributed by atoms with E-state index >= 15 is 0 Å². The van der Waals surface area contributed by atoms with Crippen LogP contribution in [0.1, 0.15) is 13.3 Å². The SMILES string of the molecule is CCCOc1ccccc1NC(=O)N(C)CCOc1ccc(OC)cc1. The van der Waals surface area contributed by atoms with Crippen LogP contribution in [0.4, 0.5) is 10.5 Å². The van der Waals surface area contributed by atoms with Crippen molar-refractivity contribution in [1.29, 1.82) is 0 Å². The lowest BCUT2D eigenvalue weighted by molar-refractivity contribution is 0.207. The lowest BCUT2D eigenvalue weighted by Gasteiger charge is -2.19. The van der Waals surface area contributed by atoms with Crippen LogP contribution in [0, 0.1) is 0 Å². The van der Waals surface area contributed by atoms with E-state index in [-0.39, 0.29) is 6.03 Å². The molecule has 0 atom stereocenters. The second-order valence-electron chi connectivity index (χ2n) is 5.72. The Hall–Kier alpha value is -2.89. The van der Waals surface area contributed by atoms with E-state index < -0.39 is 0 Å². The number of carbonyl (C=O) groups excluding carboxylic acids is 1. The molecule has 2 amide bonds. The Morgan fingerprint density at radius 3 is 2.38 bits per heavy atom. The molecule has 0 spiro atoms. The molecule has 0 aliphatic rings. The molecule has 0 heterocycles. The number of likely N-dealkylation sites (N-methyl/N-ethyl adjacent to an activating group) is 1. The van der Waals surface area contributed by atoms with Crippen molar-refractivity contribution in [2.75, 3.05) is 39.2 Å². The first-order valence-corrected chi connectivity index (χ1v) is 8.64. The number of methoxy groups -OCH3 is 1. The average molecular weight is 358 g/mol. The minimum Gasteiger partial charge on any atom is -0.497 e. The van der Waals surface area contributed by atoms with Gasteiger partial charge in [-0.3, -0.25) is 0 Å². The summed E-state index contributed by atoms with van der Waals surface area (Å²) in [5, 5.41) is 2.87. The Labute approximate surface area is 154 Å². The van der Waals surface area contributed by atoms with Gasteiger partial charge in [0.25, 0.3) is 0 Å². The van der Waals surface area contributed by atoms with Gasteiger partial charge < -0.3 is 24.4 Å². The van der Waals surface area contributed by atoms with Crippen LogP contribution in [0.5, 0.6) is 17.2 Å². The molecule has 6 heteroatoms. The van der Waals surface area contributed by atoms with Gasteiger partial charge in [-0.05, 0) is 42.8 Å². The Balaban J connectivity index is 1.81. The smallest absolute Gasteiger partial charge is 0.321 e. The fourth-order valence-corrected chi connectivity index (χ4v) is 2.19. The molecule has 0 aliphatic heterocycles. The third kappa shape index (κ3) is 5.88. The van der Waals surface area contributed by atoms with E-state index in [1.807, 2.05) is 55.5 Å². The van der Waals surface area contributed by atoms with Crippen molar-refractivity contribution in [2.24, 2.45) is 0 Å². The molecule has 0 fully saturated rings. The van der Waals surface area contributed by atoms with E-state index in [2.05, 4.69) is 5.32 Å². The fourth-order valence-electron chi connectivity index (χ4n) is 2.19. The number of hydrogen-bond donors (Lipinski definition) is 1. The molecule has 0 radical (unpaired) electrons. The predicted octanol–water partition coefficient (Wildman–Crippen LogP) is 4.03. The zero-order valence-corrected chi connectivity index (χ0v) is 15.5. The maximum atomic E-state index is 12.4. The normalized spacial score (nSPS) is 10.1. The van der Waals surface area contributed by atoms with Crippen LogP contribution >= 0.6 is 0 Å². The van der Waals surface area contributed by atoms with Crippen LogP contribution in [-0.4, -0.2) is 44.8 Å². The van der Waals surface area contributed by atoms with Gasteiger partial charge in [-0.1, -0.05) is 19.1 Å². The maximum Gasteiger partial charge on any atom is 0.321 e. The van der Waals surface area contributed by atoms with E-state index in [9.17, 15) is 4.79 Å². The summed E-state index contributed by atoms with van der Waals surface area (Å²) in [5.41, 5.74) is 0.661. The number of rotatable bonds is 9. The average Bonchev–Trinajstić information content (AvgIpc) is 2.67. The maximum absolute atomic E-state index is 12.4. The van der Waals surface area contributed by atoms with Gasteiger partial charge in [0.1, 0.15) is 23.9 Å². The summed E-state index contributed by atoms with van der Waals surface area (Å²) < 4.78 is 16.4. The highest BCUT2D eigenvalue weighted by Crippen LogP contribution is 2.24. The van der Waals surface area contributed by atoms with Crippen molar-refractivity contribution in [3.8, 4) is 17.2 Å². The highest BCUT2D eigenvalue weighted by atomic mass is 16.5. The summed E-state index contributed by atoms with van der Waals surface area (Å²) >= 11 is 0. The van der Waals surface area contributed by atoms with Crippen molar-refractivity contribution < 1.29 is 19.0 Å². The summed E-state index contributed by atoms with van der Waals surface area (Å²) in [6.45, 7) is 3.50. The number of anilines is 1. The van der Waals surface area contributed by atoms with Crippen LogP contribution in [0.25, 0.3) is 0 Å². The van der Waals surface area contributed by atoms with Crippen LogP contribution in [0.15, 0.2) is 48.5 Å². The highest BCUT2D eigenvalue weighted by molar-refractivity contribution is 5.90. The standard InChI is InChI=1S/C20H26N2O4/c1-4-14-26-19-8-6-5-7-18(19)21-20(23)22(2)13-15-25-17-11-9-16(24-3)10-12-17/h5-12H,4,13-15H2,1-3H3,(H,21,23). The van der Waals surface area contributed by atoms with Gasteiger partial charge in [0.2, 0.25) is 0 Å². The second kappa shape index (κ2) is 10.2. The molecule has 26 heavy (non-hydrogen) atoms. The lowest BCUT2D eigenvalue weighted by Crippen LogP contribution is -2.34. The Morgan fingerprint density at radius 2 is 1.69 bits per heavy atom. The first-order valence-electron chi connectivity index (χ1n) is 8.64. The molecule has 0 saturated heterocycles. The predicted molar refractivity (Wildman–Crippen MR) is 102 cm³/mol. The Kier molecular flexibility index (Phi) is 7.61. The van der Waals surface area contributed by atoms with Crippen LogP contribution in [0.2, 0.25) is 0 Å². The van der Waals surface area contributed by atoms with Gasteiger partial charge in [0.15, 0.2) is 0 Å². The molecule has 0 aliphatic carbocycles. The molecule has 6 nitrogen and oxygen atoms in total. The second-order valence-corrected chi connectivity index (χ2v) is 5.72. The highest BCUT2D eigenvalue weighted by Gasteiger charge is 2.11. The minimum absolute atomic E-state index is 0.212. The van der Waals surface area contributed by atoms with Gasteiger partial charge in [0, 0.05) is 7.05 Å². The molecule has 0 saturated carbocycles. The number of amides is 2. The number of hydrogen-bond acceptors (Lipinski definition) is 4. The zero-order chi connectivity index (χ0) is 18.8. The van der Waals surface area contributed by atoms with E-state index in [0.717, 1.165) is 17.9 Å². The number of ether oxygens (including phenoxy) is 3. The molecule has 2 aromatic rings. The Bertz CT molecular complexity index is 688. The number of nitrogens with zero attached hydrogens (tertiary/aromatic N) is 1. The van der Waals surface area contributed by atoms with Gasteiger partial charge >= 0.3 is 6.03 Å². The van der Waals surface area contributed by atoms with Crippen molar-refractivity contribution in [2.45, 2.75) is 13.3 Å². The molecule has 1 N–H and O–H groups in total. The molecule has 0 bridgehead atoms. The topological polar surface area (TPSA) is 60.0 Å². The van der Waals surface area contributed by atoms with Gasteiger partial charge in [-0.15, -0.1) is 0 Å². The molecular weight excluding hydrogens is 332 g/mol. The van der Waals surface area contributed by atoms with Gasteiger partial charge in [-0.25, -0.2) is 4.79 Å². The summed E-state index contributed by atoms with van der Waals surface area (Å²) in [7, 11) is 3.34. The van der Waals surface area contributed by atoms with E-state index in [1.54, 1.807) is 19.1 Å². The molecule has 2 rings (SSSR count). The number of carbonyl (C=O) groups is 1. The summed E-state index contributed by atoms with van der Waals surface area (Å²) in [6.07, 6.45) is 0.908. The third-order valence-electron chi connectivity index (χ3n) is 3.69. The summed E-state index contributed by atoms with van der Waals surface area (Å²) in [6, 6.07) is 14.5. The van der Waals surface area contributed by atoms with Crippen molar-refractivity contribution in [3.63, 3.8) is 0 Å². The lowest BCUT2D eigenvalue weighted by atomic mass is 10.3. The van der Waals surface area contributed by atoms with Crippen LogP contribution in [-0.2, 0) is 0 Å². The van der Waals surface area contributed by atoms with Crippen molar-refractivity contribution in [1.82, 2.24) is 4.90 Å². The molecule has 0 unspecified atom stereocenters. The zero-order valence-electron chi connectivity index (χ0n) is 15.5. The third-order valence-corrected chi connectivity index (χ3v) is 3.69. The molecular formula is C20H26N2O4. The van der Waals surface area contributed by atoms with E-state index in [1.165, 1.54) is 0 Å². The number of benzene rings is 2. The first kappa shape index (κ1) is 19.4. The first-order chi connectivity index (χ1) is 12.6. The molecule has 0 aromatic heterocycles. The monoisotopic (exact) mass is 358 g/mol. The minimum atomic E-state index is -0.212. The molecule has 2 aromatic carbocycles. The van der Waals surface area contributed by atoms with E-state index in [4.69, 9.17) is 14.2 Å². The van der Waals surface area contributed by atoms with Gasteiger partial charge in [-0.2, -0.15) is 0 Å². The van der Waals surface area contributed by atoms with Crippen molar-refractivity contribution >= 4 is 11.7 Å². The number of para-hydroxylation sites is 2. The van der Waals surface area contributed by atoms with Gasteiger partial charge in [0.05, 0.1) is 25.9 Å². The molecule has 140 valence electrons. The van der Waals surface area contributed by atoms with Crippen LogP contribution < -0.4 is 19.5 Å². The summed E-state index contributed by atoms with van der Waals surface area (Å²) in [4.78, 5) is 13.9. The fraction of sp³-hybridized carbons (Fsp3) is 0.350. The quantitative estimate of drug-likeness (QED) is 0.735. The Morgan fingerprint density at radius 1 is 1.00 bits per heavy atom. The largest absolute Gasteiger partial charge is 0.497 e.